The van der Waals surface area contributed by atoms with Crippen LogP contribution in [0.1, 0.15) is 44.2 Å². The maximum absolute atomic E-state index is 11.0. The third-order valence-corrected chi connectivity index (χ3v) is 4.29. The Hall–Kier alpha value is -1.62. The first-order chi connectivity index (χ1) is 10.1. The van der Waals surface area contributed by atoms with Gasteiger partial charge in [0.1, 0.15) is 5.69 Å². The minimum absolute atomic E-state index is 0.0474. The highest BCUT2D eigenvalue weighted by molar-refractivity contribution is 5.62. The van der Waals surface area contributed by atoms with E-state index in [1.807, 2.05) is 6.07 Å². The smallest absolute Gasteiger partial charge is 0.292 e. The van der Waals surface area contributed by atoms with E-state index in [9.17, 15) is 10.1 Å². The van der Waals surface area contributed by atoms with Gasteiger partial charge in [-0.15, -0.1) is 0 Å². The molecule has 0 saturated carbocycles. The second-order valence-corrected chi connectivity index (χ2v) is 5.87. The van der Waals surface area contributed by atoms with Gasteiger partial charge in [-0.25, -0.2) is 0 Å². The van der Waals surface area contributed by atoms with Gasteiger partial charge in [-0.05, 0) is 62.4 Å². The zero-order chi connectivity index (χ0) is 15.4. The predicted molar refractivity (Wildman–Crippen MR) is 85.5 cm³/mol. The van der Waals surface area contributed by atoms with Crippen LogP contribution in [0.15, 0.2) is 12.1 Å². The second-order valence-electron chi connectivity index (χ2n) is 5.87. The highest BCUT2D eigenvalue weighted by Gasteiger charge is 2.26. The quantitative estimate of drug-likeness (QED) is 0.496. The van der Waals surface area contributed by atoms with Crippen molar-refractivity contribution in [2.45, 2.75) is 52.0 Å². The standard InChI is InChI=1S/C16H25N3O2/c1-3-7-18(8-4-2)14-6-5-12-11-16(19(20)21)15(17)10-13(12)9-14/h10-11,14H,3-9,17H2,1-2H3. The fourth-order valence-corrected chi connectivity index (χ4v) is 3.32. The van der Waals surface area contributed by atoms with Gasteiger partial charge in [0.15, 0.2) is 0 Å². The van der Waals surface area contributed by atoms with Crippen LogP contribution in [0.5, 0.6) is 0 Å². The fourth-order valence-electron chi connectivity index (χ4n) is 3.32. The average Bonchev–Trinajstić information content (AvgIpc) is 2.45. The van der Waals surface area contributed by atoms with Crippen molar-refractivity contribution in [3.8, 4) is 0 Å². The summed E-state index contributed by atoms with van der Waals surface area (Å²) in [5, 5.41) is 11.0. The Labute approximate surface area is 126 Å². The summed E-state index contributed by atoms with van der Waals surface area (Å²) in [6.07, 6.45) is 5.26. The van der Waals surface area contributed by atoms with E-state index in [4.69, 9.17) is 5.73 Å². The average molecular weight is 291 g/mol. The topological polar surface area (TPSA) is 72.4 Å². The maximum atomic E-state index is 11.0. The molecule has 1 aliphatic carbocycles. The molecule has 0 aromatic heterocycles. The minimum atomic E-state index is -0.387. The van der Waals surface area contributed by atoms with Crippen LogP contribution in [-0.4, -0.2) is 29.0 Å². The lowest BCUT2D eigenvalue weighted by Crippen LogP contribution is -2.40. The molecule has 0 aliphatic heterocycles. The highest BCUT2D eigenvalue weighted by Crippen LogP contribution is 2.32. The molecule has 0 fully saturated rings. The van der Waals surface area contributed by atoms with Crippen LogP contribution >= 0.6 is 0 Å². The number of hydrogen-bond donors (Lipinski definition) is 1. The van der Waals surface area contributed by atoms with Crippen molar-refractivity contribution in [2.75, 3.05) is 18.8 Å². The molecule has 0 radical (unpaired) electrons. The van der Waals surface area contributed by atoms with Gasteiger partial charge in [0.05, 0.1) is 4.92 Å². The maximum Gasteiger partial charge on any atom is 0.292 e. The van der Waals surface area contributed by atoms with E-state index in [0.717, 1.165) is 50.8 Å². The summed E-state index contributed by atoms with van der Waals surface area (Å²) in [5.41, 5.74) is 8.45. The van der Waals surface area contributed by atoms with E-state index >= 15 is 0 Å². The van der Waals surface area contributed by atoms with Gasteiger partial charge < -0.3 is 10.6 Å². The lowest BCUT2D eigenvalue weighted by molar-refractivity contribution is -0.384. The van der Waals surface area contributed by atoms with Gasteiger partial charge in [-0.3, -0.25) is 10.1 Å². The molecule has 2 rings (SSSR count). The number of nitrogens with zero attached hydrogens (tertiary/aromatic N) is 2. The van der Waals surface area contributed by atoms with Gasteiger partial charge in [0.2, 0.25) is 0 Å². The summed E-state index contributed by atoms with van der Waals surface area (Å²) in [5.74, 6) is 0. The Morgan fingerprint density at radius 3 is 2.52 bits per heavy atom. The van der Waals surface area contributed by atoms with E-state index in [0.29, 0.717) is 6.04 Å². The number of nitrogen functional groups attached to an aromatic ring is 1. The number of nitro benzene ring substituents is 1. The van der Waals surface area contributed by atoms with Crippen molar-refractivity contribution in [1.29, 1.82) is 0 Å². The van der Waals surface area contributed by atoms with Crippen molar-refractivity contribution in [2.24, 2.45) is 0 Å². The van der Waals surface area contributed by atoms with E-state index in [1.54, 1.807) is 6.07 Å². The first-order valence-corrected chi connectivity index (χ1v) is 7.86. The van der Waals surface area contributed by atoms with Crippen LogP contribution in [0.25, 0.3) is 0 Å². The van der Waals surface area contributed by atoms with Crippen LogP contribution in [0, 0.1) is 10.1 Å². The summed E-state index contributed by atoms with van der Waals surface area (Å²) in [7, 11) is 0. The Kier molecular flexibility index (Phi) is 5.17. The molecule has 5 nitrogen and oxygen atoms in total. The van der Waals surface area contributed by atoms with Crippen molar-refractivity contribution in [1.82, 2.24) is 4.90 Å². The fraction of sp³-hybridized carbons (Fsp3) is 0.625. The zero-order valence-corrected chi connectivity index (χ0v) is 13.0. The molecular formula is C16H25N3O2. The van der Waals surface area contributed by atoms with Gasteiger partial charge in [0, 0.05) is 12.1 Å². The third kappa shape index (κ3) is 3.53. The van der Waals surface area contributed by atoms with Gasteiger partial charge in [-0.1, -0.05) is 13.8 Å². The summed E-state index contributed by atoms with van der Waals surface area (Å²) in [6, 6.07) is 4.03. The minimum Gasteiger partial charge on any atom is -0.393 e. The number of nitrogens with two attached hydrogens (primary N) is 1. The van der Waals surface area contributed by atoms with Gasteiger partial charge in [0.25, 0.3) is 5.69 Å². The molecule has 5 heteroatoms. The number of nitro groups is 1. The lowest BCUT2D eigenvalue weighted by atomic mass is 9.86. The molecule has 0 saturated heterocycles. The van der Waals surface area contributed by atoms with Crippen LogP contribution in [0.4, 0.5) is 11.4 Å². The van der Waals surface area contributed by atoms with Crippen molar-refractivity contribution >= 4 is 11.4 Å². The van der Waals surface area contributed by atoms with Gasteiger partial charge >= 0.3 is 0 Å². The van der Waals surface area contributed by atoms with Crippen molar-refractivity contribution in [3.63, 3.8) is 0 Å². The molecule has 0 heterocycles. The molecule has 116 valence electrons. The SMILES string of the molecule is CCCN(CCC)C1CCc2cc([N+](=O)[O-])c(N)cc2C1. The molecule has 1 unspecified atom stereocenters. The molecule has 1 atom stereocenters. The summed E-state index contributed by atoms with van der Waals surface area (Å²) < 4.78 is 0. The molecule has 0 spiro atoms. The molecule has 1 aromatic carbocycles. The van der Waals surface area contributed by atoms with E-state index in [-0.39, 0.29) is 16.3 Å². The van der Waals surface area contributed by atoms with Crippen LogP contribution in [0.3, 0.4) is 0 Å². The van der Waals surface area contributed by atoms with Crippen LogP contribution < -0.4 is 5.73 Å². The van der Waals surface area contributed by atoms with E-state index in [1.165, 1.54) is 5.56 Å². The molecule has 0 bridgehead atoms. The van der Waals surface area contributed by atoms with Crippen molar-refractivity contribution < 1.29 is 4.92 Å². The number of fused-ring (bicyclic) bond motifs is 1. The summed E-state index contributed by atoms with van der Waals surface area (Å²) >= 11 is 0. The molecule has 1 aliphatic rings. The number of benzene rings is 1. The van der Waals surface area contributed by atoms with Crippen LogP contribution in [0.2, 0.25) is 0 Å². The van der Waals surface area contributed by atoms with Crippen molar-refractivity contribution in [3.05, 3.63) is 33.4 Å². The van der Waals surface area contributed by atoms with E-state index in [2.05, 4.69) is 18.7 Å². The molecule has 2 N–H and O–H groups in total. The third-order valence-electron chi connectivity index (χ3n) is 4.29. The number of rotatable bonds is 6. The largest absolute Gasteiger partial charge is 0.393 e. The summed E-state index contributed by atoms with van der Waals surface area (Å²) in [6.45, 7) is 6.66. The first-order valence-electron chi connectivity index (χ1n) is 7.86. The predicted octanol–water partition coefficient (Wildman–Crippen LogP) is 3.16. The first kappa shape index (κ1) is 15.8. The second kappa shape index (κ2) is 6.89. The molecule has 1 aromatic rings. The Morgan fingerprint density at radius 1 is 1.29 bits per heavy atom. The Balaban J connectivity index is 2.20. The van der Waals surface area contributed by atoms with E-state index < -0.39 is 0 Å². The monoisotopic (exact) mass is 291 g/mol. The number of aryl methyl sites for hydroxylation is 1. The summed E-state index contributed by atoms with van der Waals surface area (Å²) in [4.78, 5) is 13.1. The normalized spacial score (nSPS) is 17.8. The molecule has 21 heavy (non-hydrogen) atoms. The Bertz CT molecular complexity index is 510. The molecular weight excluding hydrogens is 266 g/mol. The number of hydrogen-bond acceptors (Lipinski definition) is 4. The molecule has 0 amide bonds. The van der Waals surface area contributed by atoms with Gasteiger partial charge in [-0.2, -0.15) is 0 Å². The highest BCUT2D eigenvalue weighted by atomic mass is 16.6. The zero-order valence-electron chi connectivity index (χ0n) is 13.0. The Morgan fingerprint density at radius 2 is 1.95 bits per heavy atom. The number of anilines is 1. The van der Waals surface area contributed by atoms with Crippen LogP contribution in [-0.2, 0) is 12.8 Å². The lowest BCUT2D eigenvalue weighted by Gasteiger charge is -2.35.